The van der Waals surface area contributed by atoms with Crippen LogP contribution in [0.15, 0.2) is 18.2 Å². The molecule has 0 fully saturated rings. The molecule has 0 heterocycles. The first-order valence-corrected chi connectivity index (χ1v) is 4.97. The second-order valence-electron chi connectivity index (χ2n) is 3.50. The Hall–Kier alpha value is -1.31. The summed E-state index contributed by atoms with van der Waals surface area (Å²) < 4.78 is 0. The van der Waals surface area contributed by atoms with Gasteiger partial charge in [-0.15, -0.1) is 0 Å². The lowest BCUT2D eigenvalue weighted by atomic mass is 10.0. The van der Waals surface area contributed by atoms with E-state index in [0.29, 0.717) is 13.0 Å². The van der Waals surface area contributed by atoms with Crippen LogP contribution < -0.4 is 5.32 Å². The van der Waals surface area contributed by atoms with E-state index in [9.17, 15) is 4.79 Å². The predicted octanol–water partition coefficient (Wildman–Crippen LogP) is 2.33. The first kappa shape index (κ1) is 10.8. The Morgan fingerprint density at radius 2 is 1.86 bits per heavy atom. The quantitative estimate of drug-likeness (QED) is 0.780. The summed E-state index contributed by atoms with van der Waals surface area (Å²) in [5, 5.41) is 2.89. The van der Waals surface area contributed by atoms with Gasteiger partial charge < -0.3 is 5.32 Å². The second-order valence-corrected chi connectivity index (χ2v) is 3.50. The molecule has 0 radical (unpaired) electrons. The topological polar surface area (TPSA) is 29.1 Å². The van der Waals surface area contributed by atoms with Crippen molar-refractivity contribution in [3.63, 3.8) is 0 Å². The number of benzene rings is 1. The molecular formula is C12H17NO. The van der Waals surface area contributed by atoms with Gasteiger partial charge in [0.25, 0.3) is 0 Å². The maximum atomic E-state index is 11.1. The van der Waals surface area contributed by atoms with Gasteiger partial charge in [0.15, 0.2) is 0 Å². The number of amides is 1. The van der Waals surface area contributed by atoms with Gasteiger partial charge >= 0.3 is 0 Å². The second kappa shape index (κ2) is 4.80. The van der Waals surface area contributed by atoms with E-state index >= 15 is 0 Å². The summed E-state index contributed by atoms with van der Waals surface area (Å²) in [6.45, 7) is 6.64. The smallest absolute Gasteiger partial charge is 0.219 e. The molecule has 0 aliphatic heterocycles. The summed E-state index contributed by atoms with van der Waals surface area (Å²) in [5.74, 6) is 0.104. The fourth-order valence-corrected chi connectivity index (χ4v) is 1.44. The minimum atomic E-state index is 0.104. The van der Waals surface area contributed by atoms with E-state index in [2.05, 4.69) is 31.3 Å². The van der Waals surface area contributed by atoms with Gasteiger partial charge in [-0.05, 0) is 30.5 Å². The first-order chi connectivity index (χ1) is 6.65. The third-order valence-electron chi connectivity index (χ3n) is 2.43. The summed E-state index contributed by atoms with van der Waals surface area (Å²) in [4.78, 5) is 11.1. The molecule has 0 spiro atoms. The molecule has 1 rings (SSSR count). The maximum Gasteiger partial charge on any atom is 0.219 e. The van der Waals surface area contributed by atoms with E-state index < -0.39 is 0 Å². The van der Waals surface area contributed by atoms with Crippen molar-refractivity contribution < 1.29 is 4.79 Å². The molecule has 0 atom stereocenters. The molecule has 2 nitrogen and oxygen atoms in total. The van der Waals surface area contributed by atoms with Crippen LogP contribution in [-0.2, 0) is 11.3 Å². The highest BCUT2D eigenvalue weighted by atomic mass is 16.1. The largest absolute Gasteiger partial charge is 0.352 e. The average molecular weight is 191 g/mol. The monoisotopic (exact) mass is 191 g/mol. The predicted molar refractivity (Wildman–Crippen MR) is 58.1 cm³/mol. The lowest BCUT2D eigenvalue weighted by Crippen LogP contribution is -2.22. The third-order valence-corrected chi connectivity index (χ3v) is 2.43. The summed E-state index contributed by atoms with van der Waals surface area (Å²) in [6, 6.07) is 6.18. The lowest BCUT2D eigenvalue weighted by molar-refractivity contribution is -0.120. The molecule has 1 amide bonds. The standard InChI is InChI=1S/C12H17NO/c1-4-12(14)13-8-11-9(2)6-5-7-10(11)3/h5-7H,4,8H2,1-3H3,(H,13,14). The molecule has 0 aliphatic carbocycles. The van der Waals surface area contributed by atoms with Crippen molar-refractivity contribution in [2.45, 2.75) is 33.7 Å². The van der Waals surface area contributed by atoms with Crippen LogP contribution in [0, 0.1) is 13.8 Å². The van der Waals surface area contributed by atoms with Crippen molar-refractivity contribution in [3.8, 4) is 0 Å². The van der Waals surface area contributed by atoms with Crippen molar-refractivity contribution in [1.29, 1.82) is 0 Å². The zero-order chi connectivity index (χ0) is 10.6. The number of carbonyl (C=O) groups excluding carboxylic acids is 1. The van der Waals surface area contributed by atoms with Crippen LogP contribution >= 0.6 is 0 Å². The van der Waals surface area contributed by atoms with Crippen molar-refractivity contribution in [3.05, 3.63) is 34.9 Å². The molecule has 0 aromatic heterocycles. The van der Waals surface area contributed by atoms with E-state index in [1.54, 1.807) is 0 Å². The summed E-state index contributed by atoms with van der Waals surface area (Å²) in [6.07, 6.45) is 0.547. The summed E-state index contributed by atoms with van der Waals surface area (Å²) in [7, 11) is 0. The Morgan fingerprint density at radius 3 is 2.36 bits per heavy atom. The minimum Gasteiger partial charge on any atom is -0.352 e. The fraction of sp³-hybridized carbons (Fsp3) is 0.417. The van der Waals surface area contributed by atoms with Crippen LogP contribution in [0.5, 0.6) is 0 Å². The summed E-state index contributed by atoms with van der Waals surface area (Å²) in [5.41, 5.74) is 3.71. The minimum absolute atomic E-state index is 0.104. The van der Waals surface area contributed by atoms with Crippen LogP contribution in [0.2, 0.25) is 0 Å². The normalized spacial score (nSPS) is 9.93. The van der Waals surface area contributed by atoms with E-state index in [1.165, 1.54) is 16.7 Å². The number of carbonyl (C=O) groups is 1. The van der Waals surface area contributed by atoms with E-state index in [0.717, 1.165) is 0 Å². The van der Waals surface area contributed by atoms with Gasteiger partial charge in [0.05, 0.1) is 0 Å². The molecule has 0 bridgehead atoms. The first-order valence-electron chi connectivity index (χ1n) is 4.97. The molecule has 14 heavy (non-hydrogen) atoms. The third kappa shape index (κ3) is 2.59. The van der Waals surface area contributed by atoms with E-state index in [4.69, 9.17) is 0 Å². The van der Waals surface area contributed by atoms with Crippen LogP contribution in [0.4, 0.5) is 0 Å². The Morgan fingerprint density at radius 1 is 1.29 bits per heavy atom. The van der Waals surface area contributed by atoms with Crippen LogP contribution in [-0.4, -0.2) is 5.91 Å². The van der Waals surface area contributed by atoms with Crippen LogP contribution in [0.3, 0.4) is 0 Å². The molecule has 1 N–H and O–H groups in total. The van der Waals surface area contributed by atoms with Gasteiger partial charge in [-0.2, -0.15) is 0 Å². The molecule has 0 unspecified atom stereocenters. The number of hydrogen-bond donors (Lipinski definition) is 1. The number of aryl methyl sites for hydroxylation is 2. The lowest BCUT2D eigenvalue weighted by Gasteiger charge is -2.10. The summed E-state index contributed by atoms with van der Waals surface area (Å²) >= 11 is 0. The molecule has 0 saturated heterocycles. The zero-order valence-electron chi connectivity index (χ0n) is 9.05. The van der Waals surface area contributed by atoms with Gasteiger partial charge in [0.1, 0.15) is 0 Å². The molecule has 1 aromatic carbocycles. The Balaban J connectivity index is 2.71. The van der Waals surface area contributed by atoms with E-state index in [1.807, 2.05) is 13.0 Å². The Kier molecular flexibility index (Phi) is 3.69. The number of rotatable bonds is 3. The highest BCUT2D eigenvalue weighted by molar-refractivity contribution is 5.75. The molecule has 1 aromatic rings. The highest BCUT2D eigenvalue weighted by Crippen LogP contribution is 2.12. The van der Waals surface area contributed by atoms with Crippen LogP contribution in [0.1, 0.15) is 30.0 Å². The molecule has 76 valence electrons. The van der Waals surface area contributed by atoms with Crippen molar-refractivity contribution in [2.24, 2.45) is 0 Å². The molecule has 0 saturated carbocycles. The van der Waals surface area contributed by atoms with Gasteiger partial charge in [-0.1, -0.05) is 25.1 Å². The van der Waals surface area contributed by atoms with Crippen molar-refractivity contribution in [2.75, 3.05) is 0 Å². The Bertz CT molecular complexity index is 311. The van der Waals surface area contributed by atoms with Crippen molar-refractivity contribution >= 4 is 5.91 Å². The molecular weight excluding hydrogens is 174 g/mol. The molecule has 2 heteroatoms. The van der Waals surface area contributed by atoms with Crippen LogP contribution in [0.25, 0.3) is 0 Å². The zero-order valence-corrected chi connectivity index (χ0v) is 9.05. The SMILES string of the molecule is CCC(=O)NCc1c(C)cccc1C. The fourth-order valence-electron chi connectivity index (χ4n) is 1.44. The number of hydrogen-bond acceptors (Lipinski definition) is 1. The van der Waals surface area contributed by atoms with E-state index in [-0.39, 0.29) is 5.91 Å². The van der Waals surface area contributed by atoms with Gasteiger partial charge in [-0.25, -0.2) is 0 Å². The van der Waals surface area contributed by atoms with Gasteiger partial charge in [0.2, 0.25) is 5.91 Å². The van der Waals surface area contributed by atoms with Gasteiger partial charge in [0, 0.05) is 13.0 Å². The average Bonchev–Trinajstić information content (AvgIpc) is 2.16. The molecule has 0 aliphatic rings. The van der Waals surface area contributed by atoms with Gasteiger partial charge in [-0.3, -0.25) is 4.79 Å². The number of nitrogens with one attached hydrogen (secondary N) is 1. The van der Waals surface area contributed by atoms with Crippen molar-refractivity contribution in [1.82, 2.24) is 5.32 Å². The Labute approximate surface area is 85.3 Å². The maximum absolute atomic E-state index is 11.1. The highest BCUT2D eigenvalue weighted by Gasteiger charge is 2.03.